The van der Waals surface area contributed by atoms with Crippen LogP contribution in [0.4, 0.5) is 5.69 Å². The molecule has 0 aliphatic heterocycles. The van der Waals surface area contributed by atoms with Gasteiger partial charge in [0.2, 0.25) is 0 Å². The fourth-order valence-corrected chi connectivity index (χ4v) is 2.35. The van der Waals surface area contributed by atoms with Crippen molar-refractivity contribution in [2.24, 2.45) is 0 Å². The molecule has 0 saturated heterocycles. The van der Waals surface area contributed by atoms with Crippen molar-refractivity contribution in [3.8, 4) is 0 Å². The van der Waals surface area contributed by atoms with Crippen molar-refractivity contribution < 1.29 is 4.79 Å². The van der Waals surface area contributed by atoms with Gasteiger partial charge in [-0.1, -0.05) is 29.3 Å². The summed E-state index contributed by atoms with van der Waals surface area (Å²) in [5.74, 6) is -0.137. The molecule has 0 fully saturated rings. The molecule has 0 bridgehead atoms. The van der Waals surface area contributed by atoms with Gasteiger partial charge in [-0.05, 0) is 53.2 Å². The van der Waals surface area contributed by atoms with Crippen LogP contribution in [-0.4, -0.2) is 5.91 Å². The SMILES string of the molecule is Cc1cccc(C(=O)Nc2ccc(Cl)cc2Br)c1. The van der Waals surface area contributed by atoms with Crippen molar-refractivity contribution in [2.45, 2.75) is 6.92 Å². The topological polar surface area (TPSA) is 29.1 Å². The summed E-state index contributed by atoms with van der Waals surface area (Å²) in [4.78, 5) is 12.0. The average Bonchev–Trinajstić information content (AvgIpc) is 2.32. The van der Waals surface area contributed by atoms with Crippen molar-refractivity contribution in [3.05, 3.63) is 63.1 Å². The molecular weight excluding hydrogens is 314 g/mol. The van der Waals surface area contributed by atoms with E-state index in [9.17, 15) is 4.79 Å². The van der Waals surface area contributed by atoms with Gasteiger partial charge in [0.05, 0.1) is 5.69 Å². The lowest BCUT2D eigenvalue weighted by Crippen LogP contribution is -2.12. The van der Waals surface area contributed by atoms with Crippen molar-refractivity contribution in [2.75, 3.05) is 5.32 Å². The number of rotatable bonds is 2. The molecule has 0 spiro atoms. The van der Waals surface area contributed by atoms with Crippen molar-refractivity contribution in [3.63, 3.8) is 0 Å². The molecule has 0 aromatic heterocycles. The Hall–Kier alpha value is -1.32. The molecule has 2 aromatic carbocycles. The molecule has 2 rings (SSSR count). The fraction of sp³-hybridized carbons (Fsp3) is 0.0714. The Morgan fingerprint density at radius 1 is 1.22 bits per heavy atom. The third kappa shape index (κ3) is 3.12. The van der Waals surface area contributed by atoms with Gasteiger partial charge in [0.15, 0.2) is 0 Å². The second-order valence-electron chi connectivity index (χ2n) is 3.95. The molecule has 0 aliphatic rings. The van der Waals surface area contributed by atoms with Crippen LogP contribution in [0.25, 0.3) is 0 Å². The number of aryl methyl sites for hydroxylation is 1. The summed E-state index contributed by atoms with van der Waals surface area (Å²) < 4.78 is 0.760. The van der Waals surface area contributed by atoms with E-state index >= 15 is 0 Å². The summed E-state index contributed by atoms with van der Waals surface area (Å²) in [6, 6.07) is 12.7. The van der Waals surface area contributed by atoms with Gasteiger partial charge in [-0.15, -0.1) is 0 Å². The second kappa shape index (κ2) is 5.55. The molecule has 2 nitrogen and oxygen atoms in total. The van der Waals surface area contributed by atoms with Gasteiger partial charge in [0, 0.05) is 15.1 Å². The summed E-state index contributed by atoms with van der Waals surface area (Å²) in [6.07, 6.45) is 0. The monoisotopic (exact) mass is 323 g/mol. The minimum atomic E-state index is -0.137. The first-order chi connectivity index (χ1) is 8.56. The highest BCUT2D eigenvalue weighted by atomic mass is 79.9. The normalized spacial score (nSPS) is 10.2. The summed E-state index contributed by atoms with van der Waals surface area (Å²) in [5.41, 5.74) is 2.39. The smallest absolute Gasteiger partial charge is 0.255 e. The highest BCUT2D eigenvalue weighted by Gasteiger charge is 2.08. The lowest BCUT2D eigenvalue weighted by Gasteiger charge is -2.08. The Kier molecular flexibility index (Phi) is 4.04. The van der Waals surface area contributed by atoms with E-state index in [1.165, 1.54) is 0 Å². The quantitative estimate of drug-likeness (QED) is 0.855. The van der Waals surface area contributed by atoms with E-state index in [1.54, 1.807) is 24.3 Å². The van der Waals surface area contributed by atoms with Gasteiger partial charge in [0.25, 0.3) is 5.91 Å². The molecule has 0 aliphatic carbocycles. The third-order valence-electron chi connectivity index (χ3n) is 2.46. The maximum atomic E-state index is 12.0. The Labute approximate surface area is 119 Å². The molecule has 4 heteroatoms. The number of nitrogens with one attached hydrogen (secondary N) is 1. The zero-order chi connectivity index (χ0) is 13.1. The van der Waals surface area contributed by atoms with Gasteiger partial charge in [-0.25, -0.2) is 0 Å². The molecule has 0 saturated carbocycles. The van der Waals surface area contributed by atoms with E-state index in [0.717, 1.165) is 10.0 Å². The largest absolute Gasteiger partial charge is 0.321 e. The van der Waals surface area contributed by atoms with Crippen molar-refractivity contribution in [1.82, 2.24) is 0 Å². The molecule has 1 amide bonds. The lowest BCUT2D eigenvalue weighted by molar-refractivity contribution is 0.102. The Balaban J connectivity index is 2.21. The standard InChI is InChI=1S/C14H11BrClNO/c1-9-3-2-4-10(7-9)14(18)17-13-6-5-11(16)8-12(13)15/h2-8H,1H3,(H,17,18). The third-order valence-corrected chi connectivity index (χ3v) is 3.35. The first-order valence-electron chi connectivity index (χ1n) is 5.39. The molecule has 1 N–H and O–H groups in total. The van der Waals surface area contributed by atoms with Crippen LogP contribution in [0.15, 0.2) is 46.9 Å². The molecular formula is C14H11BrClNO. The molecule has 0 radical (unpaired) electrons. The van der Waals surface area contributed by atoms with E-state index in [-0.39, 0.29) is 5.91 Å². The molecule has 0 unspecified atom stereocenters. The van der Waals surface area contributed by atoms with Crippen LogP contribution in [0, 0.1) is 6.92 Å². The number of hydrogen-bond acceptors (Lipinski definition) is 1. The second-order valence-corrected chi connectivity index (χ2v) is 5.24. The van der Waals surface area contributed by atoms with E-state index < -0.39 is 0 Å². The van der Waals surface area contributed by atoms with Gasteiger partial charge >= 0.3 is 0 Å². The Bertz CT molecular complexity index is 598. The van der Waals surface area contributed by atoms with E-state index in [1.807, 2.05) is 25.1 Å². The molecule has 2 aromatic rings. The van der Waals surface area contributed by atoms with Crippen LogP contribution in [0.3, 0.4) is 0 Å². The van der Waals surface area contributed by atoms with Crippen LogP contribution in [0.5, 0.6) is 0 Å². The molecule has 18 heavy (non-hydrogen) atoms. The van der Waals surface area contributed by atoms with Gasteiger partial charge in [-0.2, -0.15) is 0 Å². The number of benzene rings is 2. The maximum Gasteiger partial charge on any atom is 0.255 e. The van der Waals surface area contributed by atoms with Crippen molar-refractivity contribution in [1.29, 1.82) is 0 Å². The molecule has 0 atom stereocenters. The maximum absolute atomic E-state index is 12.0. The van der Waals surface area contributed by atoms with Crippen LogP contribution >= 0.6 is 27.5 Å². The van der Waals surface area contributed by atoms with Crippen LogP contribution in [-0.2, 0) is 0 Å². The number of halogens is 2. The highest BCUT2D eigenvalue weighted by molar-refractivity contribution is 9.10. The predicted molar refractivity (Wildman–Crippen MR) is 78.3 cm³/mol. The van der Waals surface area contributed by atoms with E-state index in [2.05, 4.69) is 21.2 Å². The first-order valence-corrected chi connectivity index (χ1v) is 6.56. The number of carbonyl (C=O) groups is 1. The number of carbonyl (C=O) groups excluding carboxylic acids is 1. The number of hydrogen-bond donors (Lipinski definition) is 1. The highest BCUT2D eigenvalue weighted by Crippen LogP contribution is 2.26. The minimum Gasteiger partial charge on any atom is -0.321 e. The summed E-state index contributed by atoms with van der Waals surface area (Å²) >= 11 is 9.21. The van der Waals surface area contributed by atoms with Crippen LogP contribution in [0.1, 0.15) is 15.9 Å². The van der Waals surface area contributed by atoms with Gasteiger partial charge in [0.1, 0.15) is 0 Å². The number of anilines is 1. The fourth-order valence-electron chi connectivity index (χ4n) is 1.57. The van der Waals surface area contributed by atoms with Crippen molar-refractivity contribution >= 4 is 39.1 Å². The zero-order valence-corrected chi connectivity index (χ0v) is 12.0. The van der Waals surface area contributed by atoms with Crippen LogP contribution in [0.2, 0.25) is 5.02 Å². The number of amides is 1. The zero-order valence-electron chi connectivity index (χ0n) is 9.71. The Morgan fingerprint density at radius 3 is 2.67 bits per heavy atom. The lowest BCUT2D eigenvalue weighted by atomic mass is 10.1. The summed E-state index contributed by atoms with van der Waals surface area (Å²) in [5, 5.41) is 3.46. The summed E-state index contributed by atoms with van der Waals surface area (Å²) in [6.45, 7) is 1.95. The average molecular weight is 325 g/mol. The predicted octanol–water partition coefficient (Wildman–Crippen LogP) is 4.66. The Morgan fingerprint density at radius 2 is 2.00 bits per heavy atom. The first kappa shape index (κ1) is 13.1. The van der Waals surface area contributed by atoms with E-state index in [0.29, 0.717) is 16.3 Å². The molecule has 0 heterocycles. The van der Waals surface area contributed by atoms with Gasteiger partial charge < -0.3 is 5.32 Å². The minimum absolute atomic E-state index is 0.137. The summed E-state index contributed by atoms with van der Waals surface area (Å²) in [7, 11) is 0. The van der Waals surface area contributed by atoms with E-state index in [4.69, 9.17) is 11.6 Å². The van der Waals surface area contributed by atoms with Crippen LogP contribution < -0.4 is 5.32 Å². The van der Waals surface area contributed by atoms with Gasteiger partial charge in [-0.3, -0.25) is 4.79 Å². The molecule has 92 valence electrons.